The largest absolute Gasteiger partial charge is 0.556 e. The number of carbonyl (C=O) groups excluding carboxylic acids is 1. The Bertz CT molecular complexity index is 482. The normalized spacial score (nSPS) is 12.5. The second kappa shape index (κ2) is 9.23. The molecule has 0 aromatic heterocycles. The van der Waals surface area contributed by atoms with Gasteiger partial charge >= 0.3 is 0 Å². The van der Waals surface area contributed by atoms with E-state index in [0.29, 0.717) is 5.02 Å². The van der Waals surface area contributed by atoms with Crippen LogP contribution in [0.15, 0.2) is 12.1 Å². The standard InChI is InChI=1S/C15H23ClNOPS.Y/c1-6-7-13(19(4,5)20)15(18)17-14-10(2)8-12(16)9-11(14)3;/h8-9,13H,6-7H2,1-5H3,(H,17,18);. The maximum atomic E-state index is 12.6. The molecule has 1 radical (unpaired) electrons. The zero-order chi connectivity index (χ0) is 15.5. The van der Waals surface area contributed by atoms with Crippen LogP contribution in [0.1, 0.15) is 30.9 Å². The van der Waals surface area contributed by atoms with Crippen molar-refractivity contribution >= 4 is 41.9 Å². The summed E-state index contributed by atoms with van der Waals surface area (Å²) in [6.45, 7) is 8.46. The van der Waals surface area contributed by atoms with Crippen molar-refractivity contribution in [1.82, 2.24) is 0 Å². The molecular weight excluding hydrogens is 398 g/mol. The minimum atomic E-state index is -1.63. The first kappa shape index (κ1) is 21.9. The number of anilines is 1. The first-order valence-electron chi connectivity index (χ1n) is 6.79. The topological polar surface area (TPSA) is 29.1 Å². The van der Waals surface area contributed by atoms with Gasteiger partial charge < -0.3 is 17.6 Å². The zero-order valence-corrected chi connectivity index (χ0v) is 18.7. The van der Waals surface area contributed by atoms with E-state index < -0.39 is 6.46 Å². The van der Waals surface area contributed by atoms with Crippen LogP contribution in [0.5, 0.6) is 0 Å². The van der Waals surface area contributed by atoms with Gasteiger partial charge in [-0.25, -0.2) is 0 Å². The van der Waals surface area contributed by atoms with E-state index in [1.165, 1.54) is 0 Å². The number of benzene rings is 1. The fourth-order valence-corrected chi connectivity index (χ4v) is 4.75. The Hall–Kier alpha value is 0.864. The van der Waals surface area contributed by atoms with E-state index in [9.17, 15) is 4.79 Å². The summed E-state index contributed by atoms with van der Waals surface area (Å²) >= 11 is 11.6. The molecule has 0 saturated heterocycles. The second-order valence-corrected chi connectivity index (χ2v) is 12.4. The fraction of sp³-hybridized carbons (Fsp3) is 0.533. The number of amides is 1. The zero-order valence-electron chi connectivity index (χ0n) is 13.4. The molecule has 0 aliphatic rings. The van der Waals surface area contributed by atoms with Gasteiger partial charge in [-0.1, -0.05) is 24.9 Å². The van der Waals surface area contributed by atoms with Crippen LogP contribution in [0.25, 0.3) is 0 Å². The Balaban J connectivity index is 0.00000400. The van der Waals surface area contributed by atoms with Crippen LogP contribution >= 0.6 is 18.1 Å². The Kier molecular flexibility index (Phi) is 9.61. The first-order valence-corrected chi connectivity index (χ1v) is 10.9. The maximum Gasteiger partial charge on any atom is 0.263 e. The molecule has 0 aliphatic heterocycles. The van der Waals surface area contributed by atoms with Crippen LogP contribution in [0.3, 0.4) is 0 Å². The third-order valence-corrected chi connectivity index (χ3v) is 6.34. The molecule has 0 saturated carbocycles. The summed E-state index contributed by atoms with van der Waals surface area (Å²) in [5.41, 5.74) is 2.78. The number of nitrogens with one attached hydrogen (secondary N) is 1. The number of hydrogen-bond donors (Lipinski definition) is 1. The Morgan fingerprint density at radius 3 is 2.19 bits per heavy atom. The molecule has 0 spiro atoms. The van der Waals surface area contributed by atoms with Crippen LogP contribution in [-0.4, -0.2) is 24.9 Å². The van der Waals surface area contributed by atoms with Gasteiger partial charge in [-0.05, 0) is 43.5 Å². The van der Waals surface area contributed by atoms with Crippen molar-refractivity contribution in [3.63, 3.8) is 0 Å². The summed E-state index contributed by atoms with van der Waals surface area (Å²) in [5, 5.41) is 3.75. The van der Waals surface area contributed by atoms with Crippen molar-refractivity contribution in [1.29, 1.82) is 0 Å². The SMILES string of the molecule is CCCC(C(=O)Nc1c(C)cc(Cl)cc1C)[P+](C)(C)[S-].[Y]. The van der Waals surface area contributed by atoms with Gasteiger partial charge in [0.05, 0.1) is 0 Å². The molecule has 2 nitrogen and oxygen atoms in total. The van der Waals surface area contributed by atoms with Crippen molar-refractivity contribution in [3.8, 4) is 0 Å². The molecule has 0 aliphatic carbocycles. The fourth-order valence-electron chi connectivity index (χ4n) is 2.31. The molecule has 115 valence electrons. The second-order valence-electron chi connectivity index (χ2n) is 5.64. The van der Waals surface area contributed by atoms with Crippen molar-refractivity contribution in [2.75, 3.05) is 18.6 Å². The monoisotopic (exact) mass is 420 g/mol. The van der Waals surface area contributed by atoms with E-state index >= 15 is 0 Å². The van der Waals surface area contributed by atoms with Gasteiger partial charge in [-0.15, -0.1) is 6.46 Å². The molecule has 1 aromatic rings. The number of carbonyl (C=O) groups is 1. The smallest absolute Gasteiger partial charge is 0.263 e. The molecule has 1 rings (SSSR count). The average Bonchev–Trinajstić information content (AvgIpc) is 2.28. The quantitative estimate of drug-likeness (QED) is 0.547. The molecule has 21 heavy (non-hydrogen) atoms. The molecule has 1 atom stereocenters. The van der Waals surface area contributed by atoms with Crippen molar-refractivity contribution in [3.05, 3.63) is 28.3 Å². The molecular formula is C15H23ClNOPSY. The summed E-state index contributed by atoms with van der Waals surface area (Å²) in [6.07, 6.45) is 1.82. The first-order chi connectivity index (χ1) is 9.16. The Morgan fingerprint density at radius 2 is 1.81 bits per heavy atom. The molecule has 1 unspecified atom stereocenters. The maximum absolute atomic E-state index is 12.6. The van der Waals surface area contributed by atoms with Crippen LogP contribution < -0.4 is 5.32 Å². The van der Waals surface area contributed by atoms with E-state index in [0.717, 1.165) is 29.7 Å². The molecule has 1 amide bonds. The van der Waals surface area contributed by atoms with Crippen LogP contribution in [0.4, 0.5) is 5.69 Å². The minimum absolute atomic E-state index is 0. The molecule has 1 N–H and O–H groups in total. The van der Waals surface area contributed by atoms with Crippen LogP contribution in [0, 0.1) is 13.8 Å². The number of halogens is 1. The molecule has 6 heteroatoms. The van der Waals surface area contributed by atoms with Gasteiger partial charge in [0.2, 0.25) is 0 Å². The Morgan fingerprint density at radius 1 is 1.33 bits per heavy atom. The van der Waals surface area contributed by atoms with Crippen molar-refractivity contribution in [2.24, 2.45) is 0 Å². The van der Waals surface area contributed by atoms with E-state index in [1.807, 2.05) is 39.3 Å². The average molecular weight is 421 g/mol. The van der Waals surface area contributed by atoms with E-state index in [-0.39, 0.29) is 44.3 Å². The summed E-state index contributed by atoms with van der Waals surface area (Å²) in [7, 11) is 0. The molecule has 0 bridgehead atoms. The van der Waals surface area contributed by atoms with Crippen molar-refractivity contribution < 1.29 is 37.5 Å². The summed E-state index contributed by atoms with van der Waals surface area (Å²) < 4.78 is 0. The molecule has 0 fully saturated rings. The van der Waals surface area contributed by atoms with Gasteiger partial charge in [0.25, 0.3) is 5.91 Å². The number of rotatable bonds is 5. The summed E-state index contributed by atoms with van der Waals surface area (Å²) in [6, 6.07) is 3.74. The van der Waals surface area contributed by atoms with E-state index in [2.05, 4.69) is 12.2 Å². The van der Waals surface area contributed by atoms with Gasteiger partial charge in [0, 0.05) is 56.7 Å². The van der Waals surface area contributed by atoms with Gasteiger partial charge in [0.15, 0.2) is 0 Å². The van der Waals surface area contributed by atoms with Crippen LogP contribution in [-0.2, 0) is 49.8 Å². The van der Waals surface area contributed by atoms with Gasteiger partial charge in [0.1, 0.15) is 5.66 Å². The third kappa shape index (κ3) is 6.47. The van der Waals surface area contributed by atoms with Gasteiger partial charge in [-0.3, -0.25) is 4.79 Å². The predicted molar refractivity (Wildman–Crippen MR) is 94.4 cm³/mol. The predicted octanol–water partition coefficient (Wildman–Crippen LogP) is 4.80. The summed E-state index contributed by atoms with van der Waals surface area (Å²) in [5.74, 6) is 0.0497. The number of aryl methyl sites for hydroxylation is 2. The van der Waals surface area contributed by atoms with E-state index in [1.54, 1.807) is 0 Å². The molecule has 1 aromatic carbocycles. The third-order valence-electron chi connectivity index (χ3n) is 3.36. The van der Waals surface area contributed by atoms with Crippen LogP contribution in [0.2, 0.25) is 5.02 Å². The summed E-state index contributed by atoms with van der Waals surface area (Å²) in [4.78, 5) is 12.6. The Labute approximate surface area is 164 Å². The van der Waals surface area contributed by atoms with E-state index in [4.69, 9.17) is 23.8 Å². The molecule has 0 heterocycles. The van der Waals surface area contributed by atoms with Gasteiger partial charge in [-0.2, -0.15) is 0 Å². The number of hydrogen-bond acceptors (Lipinski definition) is 2. The van der Waals surface area contributed by atoms with Crippen molar-refractivity contribution in [2.45, 2.75) is 39.3 Å². The minimum Gasteiger partial charge on any atom is -0.556 e.